The van der Waals surface area contributed by atoms with Crippen LogP contribution >= 0.6 is 0 Å². The van der Waals surface area contributed by atoms with E-state index in [4.69, 9.17) is 5.73 Å². The molecule has 2 aromatic carbocycles. The Labute approximate surface area is 131 Å². The summed E-state index contributed by atoms with van der Waals surface area (Å²) in [6, 6.07) is 14.3. The predicted molar refractivity (Wildman–Crippen MR) is 94.3 cm³/mol. The number of nitrogen functional groups attached to an aromatic ring is 1. The first kappa shape index (κ1) is 14.3. The first-order valence-corrected chi connectivity index (χ1v) is 7.48. The van der Waals surface area contributed by atoms with Gasteiger partial charge in [0.05, 0.1) is 0 Å². The van der Waals surface area contributed by atoms with Crippen molar-refractivity contribution in [2.24, 2.45) is 0 Å². The number of benzene rings is 2. The smallest absolute Gasteiger partial charge is 0.0417 e. The fourth-order valence-electron chi connectivity index (χ4n) is 2.68. The second kappa shape index (κ2) is 5.98. The van der Waals surface area contributed by atoms with Gasteiger partial charge < -0.3 is 16.4 Å². The van der Waals surface area contributed by atoms with E-state index in [1.54, 1.807) is 0 Å². The van der Waals surface area contributed by atoms with Gasteiger partial charge in [0.25, 0.3) is 0 Å². The number of nitrogens with one attached hydrogen (secondary N) is 2. The molecular formula is C19H21N3. The van der Waals surface area contributed by atoms with Crippen LogP contribution in [0.5, 0.6) is 0 Å². The molecule has 0 bridgehead atoms. The molecule has 0 aliphatic carbocycles. The lowest BCUT2D eigenvalue weighted by molar-refractivity contribution is 0.880. The fourth-order valence-corrected chi connectivity index (χ4v) is 2.68. The van der Waals surface area contributed by atoms with Crippen LogP contribution in [0, 0.1) is 0 Å². The zero-order chi connectivity index (χ0) is 15.5. The van der Waals surface area contributed by atoms with Crippen LogP contribution < -0.4 is 16.4 Å². The van der Waals surface area contributed by atoms with Crippen molar-refractivity contribution in [2.45, 2.75) is 19.4 Å². The number of aryl methyl sites for hydroxylation is 1. The second-order valence-electron chi connectivity index (χ2n) is 5.64. The van der Waals surface area contributed by atoms with Gasteiger partial charge in [0.15, 0.2) is 0 Å². The van der Waals surface area contributed by atoms with E-state index >= 15 is 0 Å². The van der Waals surface area contributed by atoms with E-state index in [1.807, 2.05) is 24.3 Å². The van der Waals surface area contributed by atoms with E-state index in [9.17, 15) is 0 Å². The molecule has 0 saturated heterocycles. The highest BCUT2D eigenvalue weighted by molar-refractivity contribution is 5.72. The zero-order valence-corrected chi connectivity index (χ0v) is 12.7. The molecule has 0 spiro atoms. The number of hydrogen-bond acceptors (Lipinski definition) is 3. The van der Waals surface area contributed by atoms with Gasteiger partial charge >= 0.3 is 0 Å². The number of para-hydroxylation sites is 1. The van der Waals surface area contributed by atoms with Crippen LogP contribution in [-0.4, -0.2) is 0 Å². The molecule has 0 saturated carbocycles. The molecule has 1 aliphatic rings. The third kappa shape index (κ3) is 2.98. The van der Waals surface area contributed by atoms with Crippen molar-refractivity contribution in [2.75, 3.05) is 11.1 Å². The number of fused-ring (bicyclic) bond motifs is 1. The number of allylic oxidation sites excluding steroid dienone is 1. The van der Waals surface area contributed by atoms with Crippen molar-refractivity contribution in [3.8, 4) is 0 Å². The largest absolute Gasteiger partial charge is 0.398 e. The van der Waals surface area contributed by atoms with E-state index in [0.29, 0.717) is 6.54 Å². The molecule has 112 valence electrons. The van der Waals surface area contributed by atoms with Gasteiger partial charge in [-0.3, -0.25) is 0 Å². The van der Waals surface area contributed by atoms with Crippen molar-refractivity contribution >= 4 is 17.1 Å². The van der Waals surface area contributed by atoms with E-state index < -0.39 is 0 Å². The van der Waals surface area contributed by atoms with E-state index in [-0.39, 0.29) is 0 Å². The van der Waals surface area contributed by atoms with E-state index in [2.05, 4.69) is 42.0 Å². The van der Waals surface area contributed by atoms with Crippen molar-refractivity contribution in [3.63, 3.8) is 0 Å². The topological polar surface area (TPSA) is 50.1 Å². The van der Waals surface area contributed by atoms with E-state index in [1.165, 1.54) is 16.8 Å². The standard InChI is InChI=1S/C19H21N3/c1-13-7-9-16-10-8-15(11-19(16)22-13)12-21-14(2)17-5-3-4-6-18(17)20/h3-6,8,10-11,21-22H,1-2,7,9,12,20H2. The van der Waals surface area contributed by atoms with Gasteiger partial charge in [-0.2, -0.15) is 0 Å². The highest BCUT2D eigenvalue weighted by Gasteiger charge is 2.11. The maximum atomic E-state index is 5.98. The Morgan fingerprint density at radius 3 is 2.82 bits per heavy atom. The van der Waals surface area contributed by atoms with Crippen LogP contribution in [0.25, 0.3) is 5.70 Å². The van der Waals surface area contributed by atoms with Crippen LogP contribution in [0.15, 0.2) is 61.3 Å². The third-order valence-electron chi connectivity index (χ3n) is 3.97. The number of nitrogens with two attached hydrogens (primary N) is 1. The lowest BCUT2D eigenvalue weighted by Crippen LogP contribution is -2.14. The summed E-state index contributed by atoms with van der Waals surface area (Å²) >= 11 is 0. The molecule has 3 heteroatoms. The minimum Gasteiger partial charge on any atom is -0.398 e. The summed E-state index contributed by atoms with van der Waals surface area (Å²) in [7, 11) is 0. The molecular weight excluding hydrogens is 270 g/mol. The summed E-state index contributed by atoms with van der Waals surface area (Å²) in [5.41, 5.74) is 13.3. The van der Waals surface area contributed by atoms with Gasteiger partial charge in [-0.15, -0.1) is 0 Å². The second-order valence-corrected chi connectivity index (χ2v) is 5.64. The minimum absolute atomic E-state index is 0.717. The first-order valence-electron chi connectivity index (χ1n) is 7.48. The number of rotatable bonds is 4. The summed E-state index contributed by atoms with van der Waals surface area (Å²) in [6.07, 6.45) is 2.07. The Kier molecular flexibility index (Phi) is 3.88. The van der Waals surface area contributed by atoms with Gasteiger partial charge in [-0.05, 0) is 36.1 Å². The Hall–Kier alpha value is -2.68. The van der Waals surface area contributed by atoms with Gasteiger partial charge in [-0.1, -0.05) is 43.5 Å². The number of anilines is 2. The van der Waals surface area contributed by atoms with E-state index in [0.717, 1.165) is 35.5 Å². The molecule has 0 aromatic heterocycles. The summed E-state index contributed by atoms with van der Waals surface area (Å²) in [5.74, 6) is 0. The first-order chi connectivity index (χ1) is 10.6. The molecule has 0 unspecified atom stereocenters. The predicted octanol–water partition coefficient (Wildman–Crippen LogP) is 3.90. The minimum atomic E-state index is 0.717. The lowest BCUT2D eigenvalue weighted by Gasteiger charge is -2.21. The van der Waals surface area contributed by atoms with Crippen LogP contribution in [0.3, 0.4) is 0 Å². The Morgan fingerprint density at radius 2 is 2.00 bits per heavy atom. The average Bonchev–Trinajstić information content (AvgIpc) is 2.52. The van der Waals surface area contributed by atoms with Crippen LogP contribution in [-0.2, 0) is 13.0 Å². The molecule has 0 atom stereocenters. The maximum Gasteiger partial charge on any atom is 0.0417 e. The summed E-state index contributed by atoms with van der Waals surface area (Å²) in [5, 5.41) is 6.71. The molecule has 1 aliphatic heterocycles. The van der Waals surface area contributed by atoms with Crippen molar-refractivity contribution < 1.29 is 0 Å². The summed E-state index contributed by atoms with van der Waals surface area (Å²) < 4.78 is 0. The van der Waals surface area contributed by atoms with Gasteiger partial charge in [-0.25, -0.2) is 0 Å². The van der Waals surface area contributed by atoms with Crippen LogP contribution in [0.1, 0.15) is 23.1 Å². The molecule has 3 nitrogen and oxygen atoms in total. The Balaban J connectivity index is 1.69. The molecule has 1 heterocycles. The zero-order valence-electron chi connectivity index (χ0n) is 12.7. The third-order valence-corrected chi connectivity index (χ3v) is 3.97. The molecule has 0 amide bonds. The molecule has 0 fully saturated rings. The molecule has 22 heavy (non-hydrogen) atoms. The fraction of sp³-hybridized carbons (Fsp3) is 0.158. The van der Waals surface area contributed by atoms with Crippen molar-refractivity contribution in [1.82, 2.24) is 5.32 Å². The highest BCUT2D eigenvalue weighted by Crippen LogP contribution is 2.27. The quantitative estimate of drug-likeness (QED) is 0.749. The monoisotopic (exact) mass is 291 g/mol. The molecule has 2 aromatic rings. The van der Waals surface area contributed by atoms with Crippen LogP contribution in [0.4, 0.5) is 11.4 Å². The summed E-state index contributed by atoms with van der Waals surface area (Å²) in [6.45, 7) is 8.81. The normalized spacial score (nSPS) is 13.2. The maximum absolute atomic E-state index is 5.98. The Bertz CT molecular complexity index is 731. The Morgan fingerprint density at radius 1 is 1.18 bits per heavy atom. The molecule has 3 rings (SSSR count). The van der Waals surface area contributed by atoms with Crippen LogP contribution in [0.2, 0.25) is 0 Å². The van der Waals surface area contributed by atoms with Crippen molar-refractivity contribution in [1.29, 1.82) is 0 Å². The number of hydrogen-bond donors (Lipinski definition) is 3. The molecule has 4 N–H and O–H groups in total. The van der Waals surface area contributed by atoms with Gasteiger partial charge in [0.1, 0.15) is 0 Å². The van der Waals surface area contributed by atoms with Gasteiger partial charge in [0.2, 0.25) is 0 Å². The lowest BCUT2D eigenvalue weighted by atomic mass is 9.99. The summed E-state index contributed by atoms with van der Waals surface area (Å²) in [4.78, 5) is 0. The SMILES string of the molecule is C=C1CCc2ccc(CNC(=C)c3ccccc3N)cc2N1. The average molecular weight is 291 g/mol. The highest BCUT2D eigenvalue weighted by atomic mass is 14.9. The van der Waals surface area contributed by atoms with Gasteiger partial charge in [0, 0.05) is 34.9 Å². The van der Waals surface area contributed by atoms with Crippen molar-refractivity contribution in [3.05, 3.63) is 78.0 Å². The molecule has 0 radical (unpaired) electrons.